The Bertz CT molecular complexity index is 1220. The highest BCUT2D eigenvalue weighted by molar-refractivity contribution is 6.31. The van der Waals surface area contributed by atoms with E-state index in [2.05, 4.69) is 22.1 Å². The number of H-pyrrole nitrogens is 2. The van der Waals surface area contributed by atoms with Gasteiger partial charge in [-0.05, 0) is 41.8 Å². The SMILES string of the molecule is O=C(Cc1c[nH]c2ccccc12)N1CC=C(c2c[nH]c3ccc(Cl)cc23)CC1. The van der Waals surface area contributed by atoms with E-state index in [-0.39, 0.29) is 5.91 Å². The summed E-state index contributed by atoms with van der Waals surface area (Å²) in [5, 5.41) is 3.00. The summed E-state index contributed by atoms with van der Waals surface area (Å²) in [5.74, 6) is 0.169. The van der Waals surface area contributed by atoms with Crippen LogP contribution in [0.15, 0.2) is 60.9 Å². The van der Waals surface area contributed by atoms with Gasteiger partial charge in [-0.25, -0.2) is 0 Å². The number of aromatic nitrogens is 2. The van der Waals surface area contributed by atoms with Crippen LogP contribution < -0.4 is 0 Å². The zero-order valence-electron chi connectivity index (χ0n) is 15.3. The zero-order valence-corrected chi connectivity index (χ0v) is 16.1. The first-order valence-corrected chi connectivity index (χ1v) is 9.85. The van der Waals surface area contributed by atoms with Crippen molar-refractivity contribution in [3.63, 3.8) is 0 Å². The molecule has 1 aliphatic heterocycles. The smallest absolute Gasteiger partial charge is 0.227 e. The number of para-hydroxylation sites is 1. The molecule has 28 heavy (non-hydrogen) atoms. The Morgan fingerprint density at radius 3 is 2.71 bits per heavy atom. The van der Waals surface area contributed by atoms with Gasteiger partial charge in [0.2, 0.25) is 5.91 Å². The number of halogens is 1. The Balaban J connectivity index is 1.33. The predicted octanol–water partition coefficient (Wildman–Crippen LogP) is 5.16. The van der Waals surface area contributed by atoms with Crippen LogP contribution in [-0.2, 0) is 11.2 Å². The molecule has 0 fully saturated rings. The van der Waals surface area contributed by atoms with Crippen molar-refractivity contribution in [1.82, 2.24) is 14.9 Å². The number of hydrogen-bond donors (Lipinski definition) is 2. The van der Waals surface area contributed by atoms with E-state index in [0.717, 1.165) is 45.4 Å². The van der Waals surface area contributed by atoms with Crippen LogP contribution in [0.25, 0.3) is 27.4 Å². The molecule has 0 radical (unpaired) electrons. The first-order chi connectivity index (χ1) is 13.7. The minimum atomic E-state index is 0.169. The number of aromatic amines is 2. The average molecular weight is 390 g/mol. The summed E-state index contributed by atoms with van der Waals surface area (Å²) in [6, 6.07) is 14.0. The van der Waals surface area contributed by atoms with Crippen LogP contribution in [0.5, 0.6) is 0 Å². The molecule has 5 rings (SSSR count). The summed E-state index contributed by atoms with van der Waals surface area (Å²) in [4.78, 5) is 21.3. The van der Waals surface area contributed by atoms with E-state index in [0.29, 0.717) is 13.0 Å². The molecule has 2 aromatic heterocycles. The van der Waals surface area contributed by atoms with Gasteiger partial charge in [0.1, 0.15) is 0 Å². The van der Waals surface area contributed by atoms with Crippen molar-refractivity contribution in [2.75, 3.05) is 13.1 Å². The fourth-order valence-electron chi connectivity index (χ4n) is 4.05. The zero-order chi connectivity index (χ0) is 19.1. The lowest BCUT2D eigenvalue weighted by atomic mass is 9.98. The minimum absolute atomic E-state index is 0.169. The van der Waals surface area contributed by atoms with E-state index >= 15 is 0 Å². The molecule has 3 heterocycles. The molecule has 0 saturated heterocycles. The normalized spacial score (nSPS) is 14.6. The first kappa shape index (κ1) is 17.1. The van der Waals surface area contributed by atoms with Crippen LogP contribution in [0.2, 0.25) is 5.02 Å². The Labute approximate surface area is 167 Å². The van der Waals surface area contributed by atoms with Crippen molar-refractivity contribution in [1.29, 1.82) is 0 Å². The Morgan fingerprint density at radius 2 is 1.86 bits per heavy atom. The second-order valence-corrected chi connectivity index (χ2v) is 7.68. The maximum atomic E-state index is 12.8. The molecule has 0 atom stereocenters. The number of rotatable bonds is 3. The maximum Gasteiger partial charge on any atom is 0.227 e. The van der Waals surface area contributed by atoms with E-state index < -0.39 is 0 Å². The van der Waals surface area contributed by atoms with Crippen LogP contribution >= 0.6 is 11.6 Å². The molecule has 5 heteroatoms. The molecule has 4 nitrogen and oxygen atoms in total. The minimum Gasteiger partial charge on any atom is -0.361 e. The van der Waals surface area contributed by atoms with Crippen LogP contribution in [0.4, 0.5) is 0 Å². The molecule has 2 aromatic carbocycles. The lowest BCUT2D eigenvalue weighted by Gasteiger charge is -2.26. The number of carbonyl (C=O) groups excluding carboxylic acids is 1. The van der Waals surface area contributed by atoms with Gasteiger partial charge in [-0.3, -0.25) is 4.79 Å². The number of carbonyl (C=O) groups is 1. The Kier molecular flexibility index (Phi) is 4.21. The van der Waals surface area contributed by atoms with Crippen molar-refractivity contribution >= 4 is 44.9 Å². The third-order valence-corrected chi connectivity index (χ3v) is 5.80. The van der Waals surface area contributed by atoms with E-state index in [1.807, 2.05) is 53.7 Å². The van der Waals surface area contributed by atoms with Crippen LogP contribution in [-0.4, -0.2) is 33.9 Å². The monoisotopic (exact) mass is 389 g/mol. The molecule has 0 spiro atoms. The standard InChI is InChI=1S/C23H20ClN3O/c24-17-5-6-22-19(12-17)20(14-26-22)15-7-9-27(10-8-15)23(28)11-16-13-25-21-4-2-1-3-18(16)21/h1-7,12-14,25-26H,8-11H2. The van der Waals surface area contributed by atoms with E-state index in [1.54, 1.807) is 0 Å². The highest BCUT2D eigenvalue weighted by Crippen LogP contribution is 2.31. The van der Waals surface area contributed by atoms with Crippen molar-refractivity contribution in [2.24, 2.45) is 0 Å². The number of hydrogen-bond acceptors (Lipinski definition) is 1. The molecule has 1 aliphatic rings. The topological polar surface area (TPSA) is 51.9 Å². The van der Waals surface area contributed by atoms with Gasteiger partial charge in [-0.1, -0.05) is 35.9 Å². The fraction of sp³-hybridized carbons (Fsp3) is 0.174. The van der Waals surface area contributed by atoms with E-state index in [9.17, 15) is 4.79 Å². The average Bonchev–Trinajstić information content (AvgIpc) is 3.32. The highest BCUT2D eigenvalue weighted by Gasteiger charge is 2.20. The Morgan fingerprint density at radius 1 is 1.04 bits per heavy atom. The summed E-state index contributed by atoms with van der Waals surface area (Å²) in [5.41, 5.74) is 5.66. The fourth-order valence-corrected chi connectivity index (χ4v) is 4.22. The van der Waals surface area contributed by atoms with Crippen molar-refractivity contribution in [3.05, 3.63) is 77.1 Å². The largest absolute Gasteiger partial charge is 0.361 e. The number of nitrogens with zero attached hydrogens (tertiary/aromatic N) is 1. The van der Waals surface area contributed by atoms with Crippen LogP contribution in [0.1, 0.15) is 17.5 Å². The second-order valence-electron chi connectivity index (χ2n) is 7.25. The number of nitrogens with one attached hydrogen (secondary N) is 2. The van der Waals surface area contributed by atoms with Gasteiger partial charge < -0.3 is 14.9 Å². The summed E-state index contributed by atoms with van der Waals surface area (Å²) in [6.07, 6.45) is 7.43. The van der Waals surface area contributed by atoms with Crippen molar-refractivity contribution in [3.8, 4) is 0 Å². The molecule has 0 bridgehead atoms. The van der Waals surface area contributed by atoms with Crippen molar-refractivity contribution in [2.45, 2.75) is 12.8 Å². The number of amides is 1. The first-order valence-electron chi connectivity index (χ1n) is 9.48. The second kappa shape index (κ2) is 6.88. The molecular weight excluding hydrogens is 370 g/mol. The van der Waals surface area contributed by atoms with Gasteiger partial charge in [-0.2, -0.15) is 0 Å². The van der Waals surface area contributed by atoms with Gasteiger partial charge in [0.15, 0.2) is 0 Å². The summed E-state index contributed by atoms with van der Waals surface area (Å²) in [7, 11) is 0. The van der Waals surface area contributed by atoms with Gasteiger partial charge in [0.25, 0.3) is 0 Å². The molecular formula is C23H20ClN3O. The van der Waals surface area contributed by atoms with Gasteiger partial charge in [-0.15, -0.1) is 0 Å². The molecule has 0 saturated carbocycles. The van der Waals surface area contributed by atoms with E-state index in [1.165, 1.54) is 11.1 Å². The third-order valence-electron chi connectivity index (χ3n) is 5.57. The quantitative estimate of drug-likeness (QED) is 0.499. The van der Waals surface area contributed by atoms with Crippen molar-refractivity contribution < 1.29 is 4.79 Å². The van der Waals surface area contributed by atoms with Crippen LogP contribution in [0, 0.1) is 0 Å². The summed E-state index contributed by atoms with van der Waals surface area (Å²) < 4.78 is 0. The molecule has 4 aromatic rings. The highest BCUT2D eigenvalue weighted by atomic mass is 35.5. The summed E-state index contributed by atoms with van der Waals surface area (Å²) >= 11 is 6.17. The van der Waals surface area contributed by atoms with Gasteiger partial charge in [0.05, 0.1) is 6.42 Å². The van der Waals surface area contributed by atoms with Crippen LogP contribution in [0.3, 0.4) is 0 Å². The molecule has 0 unspecified atom stereocenters. The lowest BCUT2D eigenvalue weighted by molar-refractivity contribution is -0.130. The molecule has 140 valence electrons. The summed E-state index contributed by atoms with van der Waals surface area (Å²) in [6.45, 7) is 1.38. The number of fused-ring (bicyclic) bond motifs is 2. The predicted molar refractivity (Wildman–Crippen MR) is 114 cm³/mol. The van der Waals surface area contributed by atoms with Gasteiger partial charge in [0, 0.05) is 57.9 Å². The van der Waals surface area contributed by atoms with Gasteiger partial charge >= 0.3 is 0 Å². The Hall–Kier alpha value is -2.98. The number of benzene rings is 2. The molecule has 0 aliphatic carbocycles. The van der Waals surface area contributed by atoms with E-state index in [4.69, 9.17) is 11.6 Å². The lowest BCUT2D eigenvalue weighted by Crippen LogP contribution is -2.35. The molecule has 1 amide bonds. The molecule has 2 N–H and O–H groups in total. The maximum absolute atomic E-state index is 12.8. The third kappa shape index (κ3) is 3.00.